The van der Waals surface area contributed by atoms with Gasteiger partial charge in [-0.05, 0) is 48.5 Å². The standard InChI is InChI=1S/C17H19N3O5S/c1-20(26(23,24)15-9-7-14(25-2)8-10-15)11-16(21)19-13-5-3-12(4-6-13)17(18)22/h3-10H,11H2,1-2H3,(H2,18,22)(H,19,21). The minimum Gasteiger partial charge on any atom is -0.497 e. The molecule has 8 nitrogen and oxygen atoms in total. The molecule has 0 atom stereocenters. The van der Waals surface area contributed by atoms with Crippen molar-refractivity contribution in [3.8, 4) is 5.75 Å². The van der Waals surface area contributed by atoms with Crippen molar-refractivity contribution in [2.75, 3.05) is 26.0 Å². The zero-order valence-electron chi connectivity index (χ0n) is 14.3. The van der Waals surface area contributed by atoms with E-state index in [-0.39, 0.29) is 11.4 Å². The summed E-state index contributed by atoms with van der Waals surface area (Å²) in [5, 5.41) is 2.56. The highest BCUT2D eigenvalue weighted by Gasteiger charge is 2.23. The molecule has 2 aromatic carbocycles. The van der Waals surface area contributed by atoms with Crippen LogP contribution in [0.2, 0.25) is 0 Å². The maximum Gasteiger partial charge on any atom is 0.248 e. The first-order valence-electron chi connectivity index (χ1n) is 7.54. The van der Waals surface area contributed by atoms with E-state index in [2.05, 4.69) is 5.32 Å². The first kappa shape index (κ1) is 19.4. The zero-order valence-corrected chi connectivity index (χ0v) is 15.1. The van der Waals surface area contributed by atoms with Gasteiger partial charge in [0.25, 0.3) is 0 Å². The van der Waals surface area contributed by atoms with Crippen molar-refractivity contribution in [3.63, 3.8) is 0 Å². The van der Waals surface area contributed by atoms with Gasteiger partial charge in [0, 0.05) is 18.3 Å². The number of nitrogens with zero attached hydrogens (tertiary/aromatic N) is 1. The fourth-order valence-corrected chi connectivity index (χ4v) is 3.26. The summed E-state index contributed by atoms with van der Waals surface area (Å²) >= 11 is 0. The van der Waals surface area contributed by atoms with E-state index >= 15 is 0 Å². The van der Waals surface area contributed by atoms with Crippen LogP contribution in [-0.2, 0) is 14.8 Å². The summed E-state index contributed by atoms with van der Waals surface area (Å²) in [6.07, 6.45) is 0. The van der Waals surface area contributed by atoms with Crippen LogP contribution >= 0.6 is 0 Å². The second kappa shape index (κ2) is 7.98. The van der Waals surface area contributed by atoms with Crippen LogP contribution in [0, 0.1) is 0 Å². The third kappa shape index (κ3) is 4.58. The largest absolute Gasteiger partial charge is 0.497 e. The van der Waals surface area contributed by atoms with Crippen LogP contribution < -0.4 is 15.8 Å². The Morgan fingerprint density at radius 3 is 2.15 bits per heavy atom. The number of ether oxygens (including phenoxy) is 1. The predicted molar refractivity (Wildman–Crippen MR) is 96.4 cm³/mol. The number of nitrogens with one attached hydrogen (secondary N) is 1. The van der Waals surface area contributed by atoms with Crippen LogP contribution in [0.1, 0.15) is 10.4 Å². The van der Waals surface area contributed by atoms with E-state index in [1.807, 2.05) is 0 Å². The molecule has 0 bridgehead atoms. The van der Waals surface area contributed by atoms with Crippen molar-refractivity contribution < 1.29 is 22.7 Å². The van der Waals surface area contributed by atoms with Gasteiger partial charge in [-0.3, -0.25) is 9.59 Å². The summed E-state index contributed by atoms with van der Waals surface area (Å²) in [6, 6.07) is 11.8. The topological polar surface area (TPSA) is 119 Å². The predicted octanol–water partition coefficient (Wildman–Crippen LogP) is 1.05. The minimum atomic E-state index is -3.81. The van der Waals surface area contributed by atoms with Crippen LogP contribution in [0.4, 0.5) is 5.69 Å². The molecule has 3 N–H and O–H groups in total. The molecule has 0 unspecified atom stereocenters. The first-order chi connectivity index (χ1) is 12.2. The summed E-state index contributed by atoms with van der Waals surface area (Å²) in [5.74, 6) is -0.562. The molecule has 2 aromatic rings. The average Bonchev–Trinajstić information content (AvgIpc) is 2.62. The number of sulfonamides is 1. The summed E-state index contributed by atoms with van der Waals surface area (Å²) in [6.45, 7) is -0.369. The van der Waals surface area contributed by atoms with Crippen molar-refractivity contribution in [2.24, 2.45) is 5.73 Å². The number of primary amides is 1. The molecule has 0 saturated heterocycles. The number of anilines is 1. The van der Waals surface area contributed by atoms with Gasteiger partial charge >= 0.3 is 0 Å². The van der Waals surface area contributed by atoms with Crippen molar-refractivity contribution in [1.82, 2.24) is 4.31 Å². The fraction of sp³-hybridized carbons (Fsp3) is 0.176. The highest BCUT2D eigenvalue weighted by molar-refractivity contribution is 7.89. The highest BCUT2D eigenvalue weighted by atomic mass is 32.2. The van der Waals surface area contributed by atoms with Crippen molar-refractivity contribution in [2.45, 2.75) is 4.90 Å². The molecule has 9 heteroatoms. The van der Waals surface area contributed by atoms with E-state index in [4.69, 9.17) is 10.5 Å². The van der Waals surface area contributed by atoms with Gasteiger partial charge in [-0.15, -0.1) is 0 Å². The lowest BCUT2D eigenvalue weighted by Crippen LogP contribution is -2.34. The summed E-state index contributed by atoms with van der Waals surface area (Å²) in [4.78, 5) is 23.2. The Hall–Kier alpha value is -2.91. The van der Waals surface area contributed by atoms with Gasteiger partial charge in [0.1, 0.15) is 5.75 Å². The Morgan fingerprint density at radius 2 is 1.65 bits per heavy atom. The Morgan fingerprint density at radius 1 is 1.08 bits per heavy atom. The summed E-state index contributed by atoms with van der Waals surface area (Å²) < 4.78 is 30.9. The van der Waals surface area contributed by atoms with Crippen LogP contribution in [0.5, 0.6) is 5.75 Å². The molecule has 26 heavy (non-hydrogen) atoms. The lowest BCUT2D eigenvalue weighted by atomic mass is 10.2. The molecule has 2 rings (SSSR count). The van der Waals surface area contributed by atoms with Crippen molar-refractivity contribution >= 4 is 27.5 Å². The van der Waals surface area contributed by atoms with Gasteiger partial charge in [0.15, 0.2) is 0 Å². The van der Waals surface area contributed by atoms with Gasteiger partial charge in [0.2, 0.25) is 21.8 Å². The highest BCUT2D eigenvalue weighted by Crippen LogP contribution is 2.18. The molecule has 0 aliphatic carbocycles. The third-order valence-electron chi connectivity index (χ3n) is 3.59. The van der Waals surface area contributed by atoms with E-state index < -0.39 is 21.8 Å². The number of benzene rings is 2. The Bertz CT molecular complexity index is 893. The number of methoxy groups -OCH3 is 1. The third-order valence-corrected chi connectivity index (χ3v) is 5.40. The van der Waals surface area contributed by atoms with Crippen molar-refractivity contribution in [1.29, 1.82) is 0 Å². The van der Waals surface area contributed by atoms with Crippen LogP contribution in [0.15, 0.2) is 53.4 Å². The molecule has 0 radical (unpaired) electrons. The number of amides is 2. The van der Waals surface area contributed by atoms with Crippen LogP contribution in [0.25, 0.3) is 0 Å². The number of likely N-dealkylation sites (N-methyl/N-ethyl adjacent to an activating group) is 1. The normalized spacial score (nSPS) is 11.2. The molecule has 0 aliphatic rings. The molecular formula is C17H19N3O5S. The minimum absolute atomic E-state index is 0.0550. The van der Waals surface area contributed by atoms with Gasteiger partial charge in [-0.2, -0.15) is 4.31 Å². The lowest BCUT2D eigenvalue weighted by molar-refractivity contribution is -0.116. The van der Waals surface area contributed by atoms with E-state index in [1.54, 1.807) is 0 Å². The SMILES string of the molecule is COc1ccc(S(=O)(=O)N(C)CC(=O)Nc2ccc(C(N)=O)cc2)cc1. The monoisotopic (exact) mass is 377 g/mol. The molecule has 0 heterocycles. The van der Waals surface area contributed by atoms with E-state index in [9.17, 15) is 18.0 Å². The summed E-state index contributed by atoms with van der Waals surface area (Å²) in [5.41, 5.74) is 5.88. The number of hydrogen-bond donors (Lipinski definition) is 2. The van der Waals surface area contributed by atoms with Gasteiger partial charge in [-0.25, -0.2) is 8.42 Å². The maximum atomic E-state index is 12.5. The number of rotatable bonds is 7. The number of carbonyl (C=O) groups is 2. The molecular weight excluding hydrogens is 358 g/mol. The Kier molecular flexibility index (Phi) is 5.96. The van der Waals surface area contributed by atoms with E-state index in [0.717, 1.165) is 4.31 Å². The average molecular weight is 377 g/mol. The molecule has 0 aliphatic heterocycles. The second-order valence-corrected chi connectivity index (χ2v) is 7.47. The molecule has 0 spiro atoms. The Balaban J connectivity index is 2.03. The molecule has 0 fully saturated rings. The molecule has 0 saturated carbocycles. The molecule has 2 amide bonds. The Labute approximate surface area is 151 Å². The van der Waals surface area contributed by atoms with Gasteiger partial charge in [-0.1, -0.05) is 0 Å². The van der Waals surface area contributed by atoms with Crippen LogP contribution in [0.3, 0.4) is 0 Å². The number of hydrogen-bond acceptors (Lipinski definition) is 5. The van der Waals surface area contributed by atoms with Crippen LogP contribution in [-0.4, -0.2) is 45.2 Å². The quantitative estimate of drug-likeness (QED) is 0.748. The number of carbonyl (C=O) groups excluding carboxylic acids is 2. The smallest absolute Gasteiger partial charge is 0.248 e. The van der Waals surface area contributed by atoms with E-state index in [1.165, 1.54) is 62.7 Å². The second-order valence-electron chi connectivity index (χ2n) is 5.43. The lowest BCUT2D eigenvalue weighted by Gasteiger charge is -2.17. The first-order valence-corrected chi connectivity index (χ1v) is 8.98. The zero-order chi connectivity index (χ0) is 19.3. The van der Waals surface area contributed by atoms with Gasteiger partial charge < -0.3 is 15.8 Å². The summed E-state index contributed by atoms with van der Waals surface area (Å²) in [7, 11) is -1.02. The molecule has 0 aromatic heterocycles. The fourth-order valence-electron chi connectivity index (χ4n) is 2.13. The molecule has 138 valence electrons. The van der Waals surface area contributed by atoms with Crippen molar-refractivity contribution in [3.05, 3.63) is 54.1 Å². The van der Waals surface area contributed by atoms with Gasteiger partial charge in [0.05, 0.1) is 18.6 Å². The maximum absolute atomic E-state index is 12.5. The van der Waals surface area contributed by atoms with E-state index in [0.29, 0.717) is 17.0 Å². The number of nitrogens with two attached hydrogens (primary N) is 1.